The Bertz CT molecular complexity index is 879. The van der Waals surface area contributed by atoms with Crippen molar-refractivity contribution in [2.45, 2.75) is 25.8 Å². The van der Waals surface area contributed by atoms with Crippen LogP contribution in [0.1, 0.15) is 19.8 Å². The van der Waals surface area contributed by atoms with E-state index in [0.29, 0.717) is 54.0 Å². The van der Waals surface area contributed by atoms with Gasteiger partial charge in [-0.1, -0.05) is 0 Å². The largest absolute Gasteiger partial charge is 0.493 e. The number of rotatable bonds is 6. The number of nitrogens with two attached hydrogens (primary N) is 1. The van der Waals surface area contributed by atoms with Crippen molar-refractivity contribution in [2.24, 2.45) is 5.92 Å². The summed E-state index contributed by atoms with van der Waals surface area (Å²) < 4.78 is 16.2. The lowest BCUT2D eigenvalue weighted by Gasteiger charge is -2.37. The highest BCUT2D eigenvalue weighted by atomic mass is 16.5. The summed E-state index contributed by atoms with van der Waals surface area (Å²) in [7, 11) is 4.65. The Morgan fingerprint density at radius 2 is 1.86 bits per heavy atom. The van der Waals surface area contributed by atoms with Crippen molar-refractivity contribution in [3.05, 3.63) is 18.3 Å². The second kappa shape index (κ2) is 8.42. The SMILES string of the molecule is COc1cc(-c2cnc(N)c(N3CC[C@@H](C(=O)O)C[C@H]3C)n2)cc(OC)c1OC. The van der Waals surface area contributed by atoms with E-state index in [0.717, 1.165) is 5.56 Å². The third-order valence-electron chi connectivity index (χ3n) is 5.24. The van der Waals surface area contributed by atoms with Gasteiger partial charge in [-0.05, 0) is 31.9 Å². The number of carboxylic acids is 1. The number of carboxylic acid groups (broad SMARTS) is 1. The molecule has 2 aromatic rings. The van der Waals surface area contributed by atoms with E-state index in [1.54, 1.807) is 39.7 Å². The predicted molar refractivity (Wildman–Crippen MR) is 109 cm³/mol. The molecule has 1 aliphatic rings. The highest BCUT2D eigenvalue weighted by molar-refractivity contribution is 5.73. The third kappa shape index (κ3) is 3.98. The minimum Gasteiger partial charge on any atom is -0.493 e. The van der Waals surface area contributed by atoms with Gasteiger partial charge < -0.3 is 30.0 Å². The highest BCUT2D eigenvalue weighted by Gasteiger charge is 2.31. The third-order valence-corrected chi connectivity index (χ3v) is 5.24. The molecule has 3 N–H and O–H groups in total. The van der Waals surface area contributed by atoms with E-state index in [4.69, 9.17) is 24.9 Å². The number of hydrogen-bond acceptors (Lipinski definition) is 8. The van der Waals surface area contributed by atoms with Crippen LogP contribution < -0.4 is 24.8 Å². The first kappa shape index (κ1) is 20.5. The van der Waals surface area contributed by atoms with Gasteiger partial charge in [-0.25, -0.2) is 9.97 Å². The maximum Gasteiger partial charge on any atom is 0.306 e. The molecule has 3 rings (SSSR count). The monoisotopic (exact) mass is 402 g/mol. The summed E-state index contributed by atoms with van der Waals surface area (Å²) in [6.07, 6.45) is 2.66. The summed E-state index contributed by atoms with van der Waals surface area (Å²) in [6, 6.07) is 3.58. The van der Waals surface area contributed by atoms with E-state index in [1.807, 2.05) is 11.8 Å². The molecule has 0 amide bonds. The zero-order valence-electron chi connectivity index (χ0n) is 17.0. The van der Waals surface area contributed by atoms with Crippen LogP contribution >= 0.6 is 0 Å². The predicted octanol–water partition coefficient (Wildman–Crippen LogP) is 2.44. The van der Waals surface area contributed by atoms with Gasteiger partial charge in [0.15, 0.2) is 23.1 Å². The van der Waals surface area contributed by atoms with Crippen molar-refractivity contribution in [1.82, 2.24) is 9.97 Å². The first-order chi connectivity index (χ1) is 13.9. The fourth-order valence-electron chi connectivity index (χ4n) is 3.68. The van der Waals surface area contributed by atoms with Crippen molar-refractivity contribution in [1.29, 1.82) is 0 Å². The molecule has 0 unspecified atom stereocenters. The molecule has 156 valence electrons. The summed E-state index contributed by atoms with van der Waals surface area (Å²) >= 11 is 0. The number of carbonyl (C=O) groups is 1. The summed E-state index contributed by atoms with van der Waals surface area (Å²) in [5.74, 6) is 1.26. The number of benzene rings is 1. The van der Waals surface area contributed by atoms with Crippen molar-refractivity contribution in [3.8, 4) is 28.5 Å². The number of methoxy groups -OCH3 is 3. The quantitative estimate of drug-likeness (QED) is 0.750. The number of nitrogens with zero attached hydrogens (tertiary/aromatic N) is 3. The number of hydrogen-bond donors (Lipinski definition) is 2. The molecule has 29 heavy (non-hydrogen) atoms. The molecule has 2 heterocycles. The Labute approximate surface area is 169 Å². The first-order valence-corrected chi connectivity index (χ1v) is 9.31. The van der Waals surface area contributed by atoms with E-state index in [2.05, 4.69) is 4.98 Å². The van der Waals surface area contributed by atoms with Crippen molar-refractivity contribution in [2.75, 3.05) is 38.5 Å². The minimum absolute atomic E-state index is 0.0170. The van der Waals surface area contributed by atoms with E-state index < -0.39 is 5.97 Å². The van der Waals surface area contributed by atoms with Gasteiger partial charge in [0.2, 0.25) is 5.75 Å². The van der Waals surface area contributed by atoms with Gasteiger partial charge >= 0.3 is 5.97 Å². The van der Waals surface area contributed by atoms with Gasteiger partial charge in [0.25, 0.3) is 0 Å². The normalized spacial score (nSPS) is 19.0. The number of aromatic nitrogens is 2. The number of aliphatic carboxylic acids is 1. The molecule has 2 atom stereocenters. The number of piperidine rings is 1. The van der Waals surface area contributed by atoms with Gasteiger partial charge in [-0.3, -0.25) is 4.79 Å². The topological polar surface area (TPSA) is 120 Å². The average molecular weight is 402 g/mol. The Balaban J connectivity index is 1.99. The molecule has 1 fully saturated rings. The molecule has 9 heteroatoms. The molecular weight excluding hydrogens is 376 g/mol. The van der Waals surface area contributed by atoms with Crippen molar-refractivity contribution < 1.29 is 24.1 Å². The molecule has 1 saturated heterocycles. The molecular formula is C20H26N4O5. The Morgan fingerprint density at radius 1 is 1.21 bits per heavy atom. The van der Waals surface area contributed by atoms with Crippen LogP contribution in [-0.2, 0) is 4.79 Å². The molecule has 1 aromatic carbocycles. The van der Waals surface area contributed by atoms with Crippen molar-refractivity contribution in [3.63, 3.8) is 0 Å². The summed E-state index contributed by atoms with van der Waals surface area (Å²) in [6.45, 7) is 2.53. The maximum absolute atomic E-state index is 11.3. The van der Waals surface area contributed by atoms with E-state index >= 15 is 0 Å². The number of anilines is 2. The van der Waals surface area contributed by atoms with Gasteiger partial charge in [0, 0.05) is 18.2 Å². The highest BCUT2D eigenvalue weighted by Crippen LogP contribution is 2.41. The van der Waals surface area contributed by atoms with Crippen LogP contribution in [-0.4, -0.2) is 55.0 Å². The number of ether oxygens (including phenoxy) is 3. The second-order valence-corrected chi connectivity index (χ2v) is 6.98. The van der Waals surface area contributed by atoms with Gasteiger partial charge in [-0.2, -0.15) is 0 Å². The zero-order chi connectivity index (χ0) is 21.1. The van der Waals surface area contributed by atoms with Crippen LogP contribution in [0.15, 0.2) is 18.3 Å². The lowest BCUT2D eigenvalue weighted by Crippen LogP contribution is -2.43. The summed E-state index contributed by atoms with van der Waals surface area (Å²) in [4.78, 5) is 22.4. The molecule has 0 bridgehead atoms. The Morgan fingerprint density at radius 3 is 2.38 bits per heavy atom. The summed E-state index contributed by atoms with van der Waals surface area (Å²) in [5.41, 5.74) is 7.45. The summed E-state index contributed by atoms with van der Waals surface area (Å²) in [5, 5.41) is 9.30. The van der Waals surface area contributed by atoms with Crippen LogP contribution in [0.2, 0.25) is 0 Å². The van der Waals surface area contributed by atoms with Crippen LogP contribution in [0.3, 0.4) is 0 Å². The molecule has 1 aromatic heterocycles. The smallest absolute Gasteiger partial charge is 0.306 e. The van der Waals surface area contributed by atoms with Crippen LogP contribution in [0.4, 0.5) is 11.6 Å². The van der Waals surface area contributed by atoms with Crippen LogP contribution in [0.5, 0.6) is 17.2 Å². The zero-order valence-corrected chi connectivity index (χ0v) is 17.0. The average Bonchev–Trinajstić information content (AvgIpc) is 2.73. The molecule has 0 saturated carbocycles. The van der Waals surface area contributed by atoms with Crippen LogP contribution in [0, 0.1) is 5.92 Å². The molecule has 0 radical (unpaired) electrons. The fraction of sp³-hybridized carbons (Fsp3) is 0.450. The van der Waals surface area contributed by atoms with Gasteiger partial charge in [-0.15, -0.1) is 0 Å². The minimum atomic E-state index is -0.762. The standard InChI is InChI=1S/C20H26N4O5/c1-11-7-12(20(25)26)5-6-24(11)19-18(21)22-10-14(23-19)13-8-15(27-2)17(29-4)16(9-13)28-3/h8-12H,5-7H2,1-4H3,(H2,21,22)(H,25,26)/t11-,12-/m1/s1. The lowest BCUT2D eigenvalue weighted by molar-refractivity contribution is -0.142. The number of nitrogen functional groups attached to an aromatic ring is 1. The van der Waals surface area contributed by atoms with Crippen LogP contribution in [0.25, 0.3) is 11.3 Å². The fourth-order valence-corrected chi connectivity index (χ4v) is 3.68. The van der Waals surface area contributed by atoms with E-state index in [1.165, 1.54) is 0 Å². The lowest BCUT2D eigenvalue weighted by atomic mass is 9.92. The van der Waals surface area contributed by atoms with Gasteiger partial charge in [0.1, 0.15) is 0 Å². The molecule has 0 spiro atoms. The van der Waals surface area contributed by atoms with Crippen molar-refractivity contribution >= 4 is 17.6 Å². The Kier molecular flexibility index (Phi) is 5.95. The molecule has 0 aliphatic carbocycles. The first-order valence-electron chi connectivity index (χ1n) is 9.31. The van der Waals surface area contributed by atoms with E-state index in [-0.39, 0.29) is 12.0 Å². The second-order valence-electron chi connectivity index (χ2n) is 6.98. The van der Waals surface area contributed by atoms with Gasteiger partial charge in [0.05, 0.1) is 39.1 Å². The maximum atomic E-state index is 11.3. The Hall–Kier alpha value is -3.23. The van der Waals surface area contributed by atoms with E-state index in [9.17, 15) is 9.90 Å². The molecule has 1 aliphatic heterocycles. The molecule has 9 nitrogen and oxygen atoms in total.